The second-order valence-corrected chi connectivity index (χ2v) is 7.58. The van der Waals surface area contributed by atoms with Gasteiger partial charge in [0, 0.05) is 35.6 Å². The zero-order valence-corrected chi connectivity index (χ0v) is 17.4. The highest BCUT2D eigenvalue weighted by molar-refractivity contribution is 6.02. The molecule has 4 rings (SSSR count). The van der Waals surface area contributed by atoms with Gasteiger partial charge in [-0.05, 0) is 36.1 Å². The van der Waals surface area contributed by atoms with Crippen LogP contribution in [0, 0.1) is 0 Å². The van der Waals surface area contributed by atoms with E-state index in [1.54, 1.807) is 21.3 Å². The number of nitrogens with one attached hydrogen (secondary N) is 1. The maximum absolute atomic E-state index is 13.3. The molecule has 0 radical (unpaired) electrons. The summed E-state index contributed by atoms with van der Waals surface area (Å²) in [4.78, 5) is 25.9. The molecule has 1 N–H and O–H groups in total. The first-order valence-electron chi connectivity index (χ1n) is 9.96. The molecule has 0 bridgehead atoms. The molecular weight excluding hydrogens is 382 g/mol. The molecule has 156 valence electrons. The molecule has 1 aliphatic heterocycles. The molecule has 0 saturated carbocycles. The number of Topliss-reactive ketones (excluding diaryl/α,β-unsaturated/α-hetero) is 1. The summed E-state index contributed by atoms with van der Waals surface area (Å²) in [6, 6.07) is 13.3. The van der Waals surface area contributed by atoms with Gasteiger partial charge in [-0.2, -0.15) is 0 Å². The Morgan fingerprint density at radius 3 is 2.43 bits per heavy atom. The molecule has 0 unspecified atom stereocenters. The first-order valence-corrected chi connectivity index (χ1v) is 9.96. The summed E-state index contributed by atoms with van der Waals surface area (Å²) in [5, 5.41) is 2.96. The molecule has 2 atom stereocenters. The number of allylic oxidation sites excluding steroid dienone is 2. The molecule has 30 heavy (non-hydrogen) atoms. The van der Waals surface area contributed by atoms with Crippen LogP contribution < -0.4 is 19.5 Å². The van der Waals surface area contributed by atoms with Crippen LogP contribution in [0.5, 0.6) is 17.2 Å². The molecule has 2 aromatic rings. The van der Waals surface area contributed by atoms with Crippen molar-refractivity contribution in [3.8, 4) is 17.2 Å². The third kappa shape index (κ3) is 3.54. The molecule has 0 spiro atoms. The van der Waals surface area contributed by atoms with Crippen molar-refractivity contribution in [1.82, 2.24) is 5.32 Å². The van der Waals surface area contributed by atoms with E-state index in [0.29, 0.717) is 35.6 Å². The van der Waals surface area contributed by atoms with Crippen molar-refractivity contribution in [2.45, 2.75) is 31.1 Å². The van der Waals surface area contributed by atoms with Crippen molar-refractivity contribution in [2.24, 2.45) is 0 Å². The lowest BCUT2D eigenvalue weighted by Gasteiger charge is -2.35. The number of benzene rings is 2. The van der Waals surface area contributed by atoms with Crippen molar-refractivity contribution in [1.29, 1.82) is 0 Å². The highest BCUT2D eigenvalue weighted by Gasteiger charge is 2.39. The molecule has 0 aromatic heterocycles. The largest absolute Gasteiger partial charge is 0.497 e. The number of para-hydroxylation sites is 1. The van der Waals surface area contributed by atoms with Crippen LogP contribution in [0.4, 0.5) is 0 Å². The van der Waals surface area contributed by atoms with E-state index in [1.165, 1.54) is 0 Å². The minimum atomic E-state index is -0.349. The van der Waals surface area contributed by atoms with Crippen molar-refractivity contribution in [2.75, 3.05) is 21.3 Å². The third-order valence-electron chi connectivity index (χ3n) is 5.91. The van der Waals surface area contributed by atoms with Crippen LogP contribution >= 0.6 is 0 Å². The van der Waals surface area contributed by atoms with E-state index in [9.17, 15) is 9.59 Å². The molecule has 2 aliphatic rings. The summed E-state index contributed by atoms with van der Waals surface area (Å²) >= 11 is 0. The predicted octanol–water partition coefficient (Wildman–Crippen LogP) is 3.72. The highest BCUT2D eigenvalue weighted by atomic mass is 16.5. The van der Waals surface area contributed by atoms with Gasteiger partial charge in [-0.1, -0.05) is 24.3 Å². The van der Waals surface area contributed by atoms with E-state index in [0.717, 1.165) is 16.9 Å². The van der Waals surface area contributed by atoms with Crippen LogP contribution in [-0.2, 0) is 9.59 Å². The molecule has 1 heterocycles. The average molecular weight is 407 g/mol. The summed E-state index contributed by atoms with van der Waals surface area (Å²) in [5.41, 5.74) is 3.22. The Kier molecular flexibility index (Phi) is 5.48. The summed E-state index contributed by atoms with van der Waals surface area (Å²) in [7, 11) is 4.77. The lowest BCUT2D eigenvalue weighted by molar-refractivity contribution is -0.122. The van der Waals surface area contributed by atoms with E-state index >= 15 is 0 Å². The molecule has 1 aliphatic carbocycles. The van der Waals surface area contributed by atoms with Crippen LogP contribution in [0.1, 0.15) is 42.2 Å². The predicted molar refractivity (Wildman–Crippen MR) is 112 cm³/mol. The fraction of sp³-hybridized carbons (Fsp3) is 0.333. The first kappa shape index (κ1) is 20.0. The topological polar surface area (TPSA) is 73.9 Å². The number of carbonyl (C=O) groups excluding carboxylic acids is 2. The van der Waals surface area contributed by atoms with Crippen LogP contribution in [0.15, 0.2) is 53.7 Å². The Balaban J connectivity index is 1.75. The van der Waals surface area contributed by atoms with Crippen LogP contribution in [0.3, 0.4) is 0 Å². The zero-order chi connectivity index (χ0) is 21.3. The Hall–Kier alpha value is -3.28. The van der Waals surface area contributed by atoms with Crippen molar-refractivity contribution in [3.63, 3.8) is 0 Å². The highest BCUT2D eigenvalue weighted by Crippen LogP contribution is 2.46. The van der Waals surface area contributed by atoms with E-state index in [-0.39, 0.29) is 29.9 Å². The third-order valence-corrected chi connectivity index (χ3v) is 5.91. The van der Waals surface area contributed by atoms with Gasteiger partial charge >= 0.3 is 0 Å². The lowest BCUT2D eigenvalue weighted by Crippen LogP contribution is -2.38. The molecule has 6 nitrogen and oxygen atoms in total. The van der Waals surface area contributed by atoms with Gasteiger partial charge in [0.1, 0.15) is 5.75 Å². The molecule has 6 heteroatoms. The van der Waals surface area contributed by atoms with Crippen molar-refractivity contribution in [3.05, 3.63) is 64.9 Å². The van der Waals surface area contributed by atoms with Crippen LogP contribution in [-0.4, -0.2) is 33.0 Å². The van der Waals surface area contributed by atoms with Crippen LogP contribution in [0.25, 0.3) is 0 Å². The number of methoxy groups -OCH3 is 3. The molecule has 1 amide bonds. The van der Waals surface area contributed by atoms with Crippen LogP contribution in [0.2, 0.25) is 0 Å². The Morgan fingerprint density at radius 2 is 1.70 bits per heavy atom. The second kappa shape index (κ2) is 8.22. The van der Waals surface area contributed by atoms with Gasteiger partial charge in [0.2, 0.25) is 5.91 Å². The fourth-order valence-electron chi connectivity index (χ4n) is 4.54. The summed E-state index contributed by atoms with van der Waals surface area (Å²) in [6.07, 6.45) is 1.20. The van der Waals surface area contributed by atoms with Gasteiger partial charge in [0.25, 0.3) is 0 Å². The standard InChI is InChI=1S/C24H25NO5/c1-28-16-7-4-6-14(10-16)15-11-19-23(20(26)12-15)18(13-22(27)25-19)17-8-5-9-21(29-2)24(17)30-3/h4-10,15,18H,11-13H2,1-3H3,(H,25,27)/t15-,18-/m0/s1. The Bertz CT molecular complexity index is 1030. The molecule has 0 fully saturated rings. The number of amides is 1. The van der Waals surface area contributed by atoms with Gasteiger partial charge in [0.05, 0.1) is 21.3 Å². The van der Waals surface area contributed by atoms with Gasteiger partial charge in [-0.25, -0.2) is 0 Å². The molecule has 2 aromatic carbocycles. The monoisotopic (exact) mass is 407 g/mol. The fourth-order valence-corrected chi connectivity index (χ4v) is 4.54. The van der Waals surface area contributed by atoms with E-state index in [2.05, 4.69) is 5.32 Å². The Morgan fingerprint density at radius 1 is 0.900 bits per heavy atom. The molecular formula is C24H25NO5. The molecule has 0 saturated heterocycles. The van der Waals surface area contributed by atoms with Gasteiger partial charge < -0.3 is 19.5 Å². The minimum absolute atomic E-state index is 0.00222. The lowest BCUT2D eigenvalue weighted by atomic mass is 9.73. The van der Waals surface area contributed by atoms with Gasteiger partial charge in [-0.15, -0.1) is 0 Å². The minimum Gasteiger partial charge on any atom is -0.497 e. The normalized spacial score (nSPS) is 21.0. The zero-order valence-electron chi connectivity index (χ0n) is 17.4. The summed E-state index contributed by atoms with van der Waals surface area (Å²) in [5.74, 6) is 1.51. The van der Waals surface area contributed by atoms with Gasteiger partial charge in [-0.3, -0.25) is 9.59 Å². The van der Waals surface area contributed by atoms with E-state index in [4.69, 9.17) is 14.2 Å². The van der Waals surface area contributed by atoms with E-state index in [1.807, 2.05) is 42.5 Å². The number of hydrogen-bond donors (Lipinski definition) is 1. The van der Waals surface area contributed by atoms with E-state index < -0.39 is 0 Å². The second-order valence-electron chi connectivity index (χ2n) is 7.58. The number of ether oxygens (including phenoxy) is 3. The number of carbonyl (C=O) groups is 2. The summed E-state index contributed by atoms with van der Waals surface area (Å²) in [6.45, 7) is 0. The quantitative estimate of drug-likeness (QED) is 0.818. The smallest absolute Gasteiger partial charge is 0.225 e. The average Bonchev–Trinajstić information content (AvgIpc) is 2.77. The Labute approximate surface area is 175 Å². The summed E-state index contributed by atoms with van der Waals surface area (Å²) < 4.78 is 16.3. The SMILES string of the molecule is COc1cccc([C@@H]2CC(=O)C3=C(C2)NC(=O)C[C@H]3c2cccc(OC)c2OC)c1. The number of hydrogen-bond acceptors (Lipinski definition) is 5. The maximum atomic E-state index is 13.3. The maximum Gasteiger partial charge on any atom is 0.225 e. The van der Waals surface area contributed by atoms with Crippen molar-refractivity contribution >= 4 is 11.7 Å². The first-order chi connectivity index (χ1) is 14.5. The number of ketones is 1. The van der Waals surface area contributed by atoms with Crippen molar-refractivity contribution < 1.29 is 23.8 Å². The van der Waals surface area contributed by atoms with Gasteiger partial charge in [0.15, 0.2) is 17.3 Å². The number of rotatable bonds is 5.